The van der Waals surface area contributed by atoms with Crippen molar-refractivity contribution in [1.29, 1.82) is 0 Å². The standard InChI is InChI=1S/C13H14BrN2O2.C2H6.2K/c14-8-18-10-5-4-9-11(16-10)13(12(17)15-9)6-2-1-3-7-13;1-2;;/h4-5,8H,1-3,6-7H2,(H,15,17);1-2H3;;/q-1;;2*+1. The summed E-state index contributed by atoms with van der Waals surface area (Å²) in [4.78, 5) is 16.8. The number of nitrogens with one attached hydrogen (secondary N) is 1. The molecule has 1 fully saturated rings. The van der Waals surface area contributed by atoms with E-state index in [1.807, 2.05) is 19.9 Å². The van der Waals surface area contributed by atoms with Crippen LogP contribution in [-0.2, 0) is 10.2 Å². The summed E-state index contributed by atoms with van der Waals surface area (Å²) < 4.78 is 5.24. The fraction of sp³-hybridized carbons (Fsp3) is 0.533. The van der Waals surface area contributed by atoms with Crippen LogP contribution in [0.25, 0.3) is 0 Å². The zero-order chi connectivity index (χ0) is 14.6. The average Bonchev–Trinajstić information content (AvgIpc) is 2.75. The third-order valence-electron chi connectivity index (χ3n) is 3.88. The monoisotopic (exact) mass is 417 g/mol. The Balaban J connectivity index is 0.00000106. The Morgan fingerprint density at radius 3 is 2.45 bits per heavy atom. The maximum absolute atomic E-state index is 12.3. The van der Waals surface area contributed by atoms with Gasteiger partial charge in [0.05, 0.1) is 16.8 Å². The Morgan fingerprint density at radius 1 is 1.23 bits per heavy atom. The number of hydrogen-bond acceptors (Lipinski definition) is 3. The van der Waals surface area contributed by atoms with Crippen molar-refractivity contribution in [2.45, 2.75) is 51.4 Å². The van der Waals surface area contributed by atoms with E-state index in [4.69, 9.17) is 4.74 Å². The van der Waals surface area contributed by atoms with Crippen LogP contribution in [0.1, 0.15) is 51.6 Å². The van der Waals surface area contributed by atoms with Crippen LogP contribution in [0.3, 0.4) is 0 Å². The van der Waals surface area contributed by atoms with Gasteiger partial charge in [-0.2, -0.15) is 0 Å². The maximum Gasteiger partial charge on any atom is 1.00 e. The summed E-state index contributed by atoms with van der Waals surface area (Å²) in [6.45, 7) is 4.00. The fourth-order valence-electron chi connectivity index (χ4n) is 2.99. The van der Waals surface area contributed by atoms with Crippen LogP contribution in [0, 0.1) is 5.52 Å². The molecule has 110 valence electrons. The second-order valence-corrected chi connectivity index (χ2v) is 5.22. The van der Waals surface area contributed by atoms with Gasteiger partial charge in [0.2, 0.25) is 5.91 Å². The maximum atomic E-state index is 12.3. The van der Waals surface area contributed by atoms with E-state index in [0.29, 0.717) is 5.88 Å². The molecule has 1 aromatic heterocycles. The minimum Gasteiger partial charge on any atom is -0.638 e. The van der Waals surface area contributed by atoms with Crippen molar-refractivity contribution in [3.63, 3.8) is 0 Å². The summed E-state index contributed by atoms with van der Waals surface area (Å²) in [5, 5.41) is 2.95. The van der Waals surface area contributed by atoms with Crippen LogP contribution in [0.4, 0.5) is 5.69 Å². The Morgan fingerprint density at radius 2 is 1.86 bits per heavy atom. The molecule has 1 aliphatic carbocycles. The third kappa shape index (κ3) is 5.09. The van der Waals surface area contributed by atoms with Crippen LogP contribution in [-0.4, -0.2) is 10.9 Å². The first-order valence-corrected chi connectivity index (χ1v) is 8.09. The van der Waals surface area contributed by atoms with Crippen LogP contribution >= 0.6 is 15.9 Å². The van der Waals surface area contributed by atoms with Crippen LogP contribution in [0.5, 0.6) is 5.88 Å². The van der Waals surface area contributed by atoms with Gasteiger partial charge in [0, 0.05) is 0 Å². The molecule has 0 saturated heterocycles. The number of nitrogens with zero attached hydrogens (tertiary/aromatic N) is 1. The SMILES string of the molecule is CC.O=C1Nc2ccc(O[CH-]Br)nc2C12CCCCC2.[K+].[K+]. The largest absolute Gasteiger partial charge is 1.00 e. The van der Waals surface area contributed by atoms with E-state index in [9.17, 15) is 4.79 Å². The van der Waals surface area contributed by atoms with Gasteiger partial charge in [0.15, 0.2) is 5.88 Å². The molecular weight excluding hydrogens is 398 g/mol. The van der Waals surface area contributed by atoms with E-state index in [-0.39, 0.29) is 109 Å². The molecular formula is C15H20BrK2N2O2+. The normalized spacial score (nSPS) is 17.1. The molecule has 1 saturated carbocycles. The molecule has 1 aliphatic heterocycles. The third-order valence-corrected chi connectivity index (χ3v) is 4.07. The van der Waals surface area contributed by atoms with Gasteiger partial charge in [0.25, 0.3) is 0 Å². The molecule has 1 N–H and O–H groups in total. The van der Waals surface area contributed by atoms with Gasteiger partial charge < -0.3 is 10.1 Å². The Bertz CT molecular complexity index is 494. The molecule has 0 atom stereocenters. The zero-order valence-corrected chi connectivity index (χ0v) is 21.7. The van der Waals surface area contributed by atoms with Crippen molar-refractivity contribution in [3.05, 3.63) is 23.3 Å². The number of amides is 1. The van der Waals surface area contributed by atoms with Gasteiger partial charge >= 0.3 is 103 Å². The van der Waals surface area contributed by atoms with Crippen LogP contribution in [0.2, 0.25) is 0 Å². The molecule has 0 unspecified atom stereocenters. The molecule has 4 nitrogen and oxygen atoms in total. The molecule has 1 spiro atoms. The van der Waals surface area contributed by atoms with Gasteiger partial charge in [-0.05, 0) is 25.0 Å². The molecule has 1 aromatic rings. The van der Waals surface area contributed by atoms with Gasteiger partial charge in [-0.15, -0.1) is 0 Å². The zero-order valence-electron chi connectivity index (χ0n) is 13.9. The molecule has 1 amide bonds. The molecule has 0 bridgehead atoms. The first-order valence-electron chi connectivity index (χ1n) is 7.18. The molecule has 22 heavy (non-hydrogen) atoms. The summed E-state index contributed by atoms with van der Waals surface area (Å²) in [5.41, 5.74) is 2.70. The number of carbonyl (C=O) groups is 1. The minimum atomic E-state index is -0.417. The molecule has 3 rings (SSSR count). The summed E-state index contributed by atoms with van der Waals surface area (Å²) >= 11 is 3.10. The number of carbonyl (C=O) groups excluding carboxylic acids is 1. The number of rotatable bonds is 2. The van der Waals surface area contributed by atoms with Crippen molar-refractivity contribution < 1.29 is 112 Å². The van der Waals surface area contributed by atoms with E-state index in [1.54, 1.807) is 6.07 Å². The van der Waals surface area contributed by atoms with Gasteiger partial charge in [0.1, 0.15) is 0 Å². The second-order valence-electron chi connectivity index (χ2n) is 4.85. The van der Waals surface area contributed by atoms with Crippen molar-refractivity contribution >= 4 is 27.5 Å². The Kier molecular flexibility index (Phi) is 12.9. The molecule has 0 radical (unpaired) electrons. The van der Waals surface area contributed by atoms with Crippen molar-refractivity contribution in [1.82, 2.24) is 4.98 Å². The number of ether oxygens (including phenoxy) is 1. The van der Waals surface area contributed by atoms with Gasteiger partial charge in [-0.3, -0.25) is 20.7 Å². The average molecular weight is 418 g/mol. The van der Waals surface area contributed by atoms with E-state index in [2.05, 4.69) is 26.2 Å². The van der Waals surface area contributed by atoms with E-state index in [1.165, 1.54) is 11.9 Å². The number of halogens is 1. The first-order chi connectivity index (χ1) is 9.76. The number of anilines is 1. The van der Waals surface area contributed by atoms with Gasteiger partial charge in [-0.1, -0.05) is 38.6 Å². The van der Waals surface area contributed by atoms with E-state index >= 15 is 0 Å². The Labute approximate surface area is 226 Å². The van der Waals surface area contributed by atoms with Crippen LogP contribution in [0.15, 0.2) is 12.1 Å². The molecule has 2 heterocycles. The van der Waals surface area contributed by atoms with Gasteiger partial charge in [-0.25, -0.2) is 4.98 Å². The smallest absolute Gasteiger partial charge is 0.638 e. The predicted octanol–water partition coefficient (Wildman–Crippen LogP) is -1.84. The fourth-order valence-corrected chi connectivity index (χ4v) is 3.18. The molecule has 7 heteroatoms. The summed E-state index contributed by atoms with van der Waals surface area (Å²) in [6, 6.07) is 3.63. The minimum absolute atomic E-state index is 0. The summed E-state index contributed by atoms with van der Waals surface area (Å²) in [5.74, 6) is 0.622. The van der Waals surface area contributed by atoms with Crippen molar-refractivity contribution in [2.75, 3.05) is 5.32 Å². The van der Waals surface area contributed by atoms with Crippen LogP contribution < -0.4 is 113 Å². The second kappa shape index (κ2) is 11.7. The number of hydrogen-bond donors (Lipinski definition) is 1. The number of fused-ring (bicyclic) bond motifs is 2. The quantitative estimate of drug-likeness (QED) is 0.454. The Hall–Kier alpha value is 2.17. The molecule has 2 aliphatic rings. The number of aromatic nitrogens is 1. The summed E-state index contributed by atoms with van der Waals surface area (Å²) in [7, 11) is 0. The van der Waals surface area contributed by atoms with Crippen molar-refractivity contribution in [3.8, 4) is 5.88 Å². The predicted molar refractivity (Wildman–Crippen MR) is 82.8 cm³/mol. The topological polar surface area (TPSA) is 51.2 Å². The van der Waals surface area contributed by atoms with Crippen molar-refractivity contribution in [2.24, 2.45) is 0 Å². The summed E-state index contributed by atoms with van der Waals surface area (Å²) in [6.07, 6.45) is 5.16. The van der Waals surface area contributed by atoms with E-state index in [0.717, 1.165) is 37.1 Å². The number of pyridine rings is 1. The van der Waals surface area contributed by atoms with E-state index < -0.39 is 5.41 Å². The molecule has 0 aromatic carbocycles. The first kappa shape index (κ1) is 24.2.